The van der Waals surface area contributed by atoms with Crippen molar-refractivity contribution in [2.24, 2.45) is 5.73 Å². The van der Waals surface area contributed by atoms with Gasteiger partial charge in [-0.2, -0.15) is 0 Å². The first-order valence-corrected chi connectivity index (χ1v) is 6.12. The van der Waals surface area contributed by atoms with Crippen LogP contribution < -0.4 is 5.73 Å². The molecular weight excluding hydrogens is 274 g/mol. The number of halogens is 3. The molecule has 0 amide bonds. The molecule has 0 aliphatic carbocycles. The molecule has 0 bridgehead atoms. The van der Waals surface area contributed by atoms with Gasteiger partial charge in [-0.15, -0.1) is 0 Å². The zero-order chi connectivity index (χ0) is 13.1. The van der Waals surface area contributed by atoms with Crippen LogP contribution in [-0.4, -0.2) is 4.98 Å². The summed E-state index contributed by atoms with van der Waals surface area (Å²) in [6.07, 6.45) is 3.45. The highest BCUT2D eigenvalue weighted by molar-refractivity contribution is 6.31. The van der Waals surface area contributed by atoms with E-state index in [1.807, 2.05) is 0 Å². The average molecular weight is 285 g/mol. The molecule has 2 aromatic rings. The predicted octanol–water partition coefficient (Wildman–Crippen LogP) is 3.77. The fourth-order valence-corrected chi connectivity index (χ4v) is 2.19. The molecule has 2 N–H and O–H groups in total. The van der Waals surface area contributed by atoms with Crippen LogP contribution in [0.4, 0.5) is 4.39 Å². The van der Waals surface area contributed by atoms with Crippen LogP contribution >= 0.6 is 23.2 Å². The number of benzene rings is 1. The Kier molecular flexibility index (Phi) is 4.17. The molecule has 0 radical (unpaired) electrons. The van der Waals surface area contributed by atoms with E-state index >= 15 is 0 Å². The van der Waals surface area contributed by atoms with E-state index in [-0.39, 0.29) is 5.82 Å². The Morgan fingerprint density at radius 2 is 2.06 bits per heavy atom. The Balaban J connectivity index is 2.24. The summed E-state index contributed by atoms with van der Waals surface area (Å²) in [6, 6.07) is 5.75. The van der Waals surface area contributed by atoms with E-state index in [9.17, 15) is 4.39 Å². The molecule has 0 spiro atoms. The minimum atomic E-state index is -0.395. The summed E-state index contributed by atoms with van der Waals surface area (Å²) in [5.74, 6) is -0.319. The van der Waals surface area contributed by atoms with Gasteiger partial charge < -0.3 is 5.73 Å². The van der Waals surface area contributed by atoms with Crippen molar-refractivity contribution >= 4 is 23.2 Å². The minimum Gasteiger partial charge on any atom is -0.324 e. The third-order valence-electron chi connectivity index (χ3n) is 2.65. The highest BCUT2D eigenvalue weighted by Crippen LogP contribution is 2.25. The van der Waals surface area contributed by atoms with Crippen molar-refractivity contribution < 1.29 is 4.39 Å². The summed E-state index contributed by atoms with van der Waals surface area (Å²) in [7, 11) is 0. The predicted molar refractivity (Wildman–Crippen MR) is 71.3 cm³/mol. The molecule has 2 nitrogen and oxygen atoms in total. The van der Waals surface area contributed by atoms with Crippen LogP contribution in [0.3, 0.4) is 0 Å². The maximum absolute atomic E-state index is 13.6. The first kappa shape index (κ1) is 13.3. The van der Waals surface area contributed by atoms with Gasteiger partial charge in [0, 0.05) is 23.5 Å². The minimum absolute atomic E-state index is 0.319. The molecule has 1 aromatic carbocycles. The van der Waals surface area contributed by atoms with Gasteiger partial charge in [-0.3, -0.25) is 4.98 Å². The van der Waals surface area contributed by atoms with Crippen LogP contribution in [0.25, 0.3) is 0 Å². The zero-order valence-electron chi connectivity index (χ0n) is 9.41. The third kappa shape index (κ3) is 2.99. The quantitative estimate of drug-likeness (QED) is 0.932. The van der Waals surface area contributed by atoms with E-state index in [0.717, 1.165) is 5.56 Å². The van der Waals surface area contributed by atoms with Crippen molar-refractivity contribution in [1.82, 2.24) is 4.98 Å². The number of rotatable bonds is 3. The lowest BCUT2D eigenvalue weighted by Crippen LogP contribution is -2.14. The summed E-state index contributed by atoms with van der Waals surface area (Å²) in [5.41, 5.74) is 7.24. The summed E-state index contributed by atoms with van der Waals surface area (Å²) in [5, 5.41) is 0.965. The molecule has 5 heteroatoms. The van der Waals surface area contributed by atoms with Crippen LogP contribution in [0.1, 0.15) is 17.2 Å². The van der Waals surface area contributed by atoms with Crippen molar-refractivity contribution in [3.8, 4) is 0 Å². The normalized spacial score (nSPS) is 12.4. The smallest absolute Gasteiger partial charge is 0.126 e. The summed E-state index contributed by atoms with van der Waals surface area (Å²) in [6.45, 7) is 0. The van der Waals surface area contributed by atoms with E-state index < -0.39 is 6.04 Å². The van der Waals surface area contributed by atoms with Crippen LogP contribution in [0.15, 0.2) is 36.7 Å². The summed E-state index contributed by atoms with van der Waals surface area (Å²) in [4.78, 5) is 3.88. The van der Waals surface area contributed by atoms with Gasteiger partial charge >= 0.3 is 0 Å². The number of aromatic nitrogens is 1. The largest absolute Gasteiger partial charge is 0.324 e. The van der Waals surface area contributed by atoms with Gasteiger partial charge in [-0.05, 0) is 41.8 Å². The van der Waals surface area contributed by atoms with E-state index in [4.69, 9.17) is 28.9 Å². The van der Waals surface area contributed by atoms with Crippen LogP contribution in [-0.2, 0) is 6.42 Å². The molecule has 0 aliphatic rings. The molecule has 1 atom stereocenters. The average Bonchev–Trinajstić information content (AvgIpc) is 2.34. The second kappa shape index (κ2) is 5.65. The lowest BCUT2D eigenvalue weighted by Gasteiger charge is -2.14. The number of pyridine rings is 1. The Hall–Kier alpha value is -1.16. The molecule has 0 saturated carbocycles. The lowest BCUT2D eigenvalue weighted by molar-refractivity contribution is 0.593. The molecule has 2 rings (SSSR count). The molecule has 94 valence electrons. The fraction of sp³-hybridized carbons (Fsp3) is 0.154. The number of nitrogens with zero attached hydrogens (tertiary/aromatic N) is 1. The topological polar surface area (TPSA) is 38.9 Å². The van der Waals surface area contributed by atoms with Gasteiger partial charge in [-0.1, -0.05) is 23.2 Å². The first-order valence-electron chi connectivity index (χ1n) is 5.37. The monoisotopic (exact) mass is 284 g/mol. The van der Waals surface area contributed by atoms with Gasteiger partial charge in [0.1, 0.15) is 5.82 Å². The number of nitrogens with two attached hydrogens (primary N) is 1. The molecule has 0 aliphatic heterocycles. The van der Waals surface area contributed by atoms with Crippen LogP contribution in [0.2, 0.25) is 10.0 Å². The Labute approximate surface area is 115 Å². The van der Waals surface area contributed by atoms with Crippen molar-refractivity contribution in [3.63, 3.8) is 0 Å². The number of hydrogen-bond donors (Lipinski definition) is 1. The van der Waals surface area contributed by atoms with Crippen LogP contribution in [0.5, 0.6) is 0 Å². The lowest BCUT2D eigenvalue weighted by atomic mass is 10.0. The maximum Gasteiger partial charge on any atom is 0.126 e. The third-order valence-corrected chi connectivity index (χ3v) is 3.20. The van der Waals surface area contributed by atoms with Gasteiger partial charge in [0.2, 0.25) is 0 Å². The van der Waals surface area contributed by atoms with Gasteiger partial charge in [0.25, 0.3) is 0 Å². The van der Waals surface area contributed by atoms with Gasteiger partial charge in [-0.25, -0.2) is 4.39 Å². The second-order valence-electron chi connectivity index (χ2n) is 3.94. The van der Waals surface area contributed by atoms with E-state index in [2.05, 4.69) is 4.98 Å². The SMILES string of the molecule is NC(Cc1cc(Cl)ccc1F)c1ccncc1Cl. The van der Waals surface area contributed by atoms with Crippen molar-refractivity contribution in [2.75, 3.05) is 0 Å². The molecular formula is C13H11Cl2FN2. The van der Waals surface area contributed by atoms with E-state index in [1.54, 1.807) is 18.3 Å². The standard InChI is InChI=1S/C13H11Cl2FN2/c14-9-1-2-12(16)8(5-9)6-13(17)10-3-4-18-7-11(10)15/h1-5,7,13H,6,17H2. The Bertz CT molecular complexity index is 560. The molecule has 1 unspecified atom stereocenters. The second-order valence-corrected chi connectivity index (χ2v) is 4.79. The summed E-state index contributed by atoms with van der Waals surface area (Å²) >= 11 is 11.8. The van der Waals surface area contributed by atoms with E-state index in [0.29, 0.717) is 22.0 Å². The van der Waals surface area contributed by atoms with Crippen molar-refractivity contribution in [3.05, 3.63) is 63.6 Å². The molecule has 0 fully saturated rings. The molecule has 1 heterocycles. The van der Waals surface area contributed by atoms with E-state index in [1.165, 1.54) is 18.3 Å². The van der Waals surface area contributed by atoms with Crippen molar-refractivity contribution in [1.29, 1.82) is 0 Å². The van der Waals surface area contributed by atoms with Crippen LogP contribution in [0, 0.1) is 5.82 Å². The first-order chi connectivity index (χ1) is 8.58. The molecule has 18 heavy (non-hydrogen) atoms. The number of hydrogen-bond acceptors (Lipinski definition) is 2. The highest BCUT2D eigenvalue weighted by Gasteiger charge is 2.13. The zero-order valence-corrected chi connectivity index (χ0v) is 10.9. The Morgan fingerprint density at radius 3 is 2.78 bits per heavy atom. The van der Waals surface area contributed by atoms with Crippen molar-refractivity contribution in [2.45, 2.75) is 12.5 Å². The highest BCUT2D eigenvalue weighted by atomic mass is 35.5. The molecule has 0 saturated heterocycles. The van der Waals surface area contributed by atoms with Gasteiger partial charge in [0.15, 0.2) is 0 Å². The Morgan fingerprint density at radius 1 is 1.28 bits per heavy atom. The van der Waals surface area contributed by atoms with Gasteiger partial charge in [0.05, 0.1) is 5.02 Å². The molecule has 1 aromatic heterocycles. The maximum atomic E-state index is 13.6. The fourth-order valence-electron chi connectivity index (χ4n) is 1.73. The summed E-state index contributed by atoms with van der Waals surface area (Å²) < 4.78 is 13.6.